The Labute approximate surface area is 133 Å². The summed E-state index contributed by atoms with van der Waals surface area (Å²) in [6, 6.07) is 17.4. The maximum absolute atomic E-state index is 2.34. The summed E-state index contributed by atoms with van der Waals surface area (Å²) in [7, 11) is 2.18. The summed E-state index contributed by atoms with van der Waals surface area (Å²) in [5.41, 5.74) is 8.01. The number of aryl methyl sites for hydroxylation is 2. The summed E-state index contributed by atoms with van der Waals surface area (Å²) in [4.78, 5) is 2.34. The molecule has 3 aromatic rings. The van der Waals surface area contributed by atoms with Gasteiger partial charge in [-0.15, -0.1) is 0 Å². The molecule has 0 aromatic heterocycles. The minimum absolute atomic E-state index is 1.26. The van der Waals surface area contributed by atoms with Gasteiger partial charge in [0.1, 0.15) is 0 Å². The predicted octanol–water partition coefficient (Wildman–Crippen LogP) is 5.84. The van der Waals surface area contributed by atoms with E-state index in [0.29, 0.717) is 0 Å². The van der Waals surface area contributed by atoms with Crippen LogP contribution < -0.4 is 4.90 Å². The topological polar surface area (TPSA) is 3.24 Å². The van der Waals surface area contributed by atoms with Gasteiger partial charge >= 0.3 is 0 Å². The second-order valence-electron chi connectivity index (χ2n) is 6.17. The molecule has 3 rings (SSSR count). The van der Waals surface area contributed by atoms with Gasteiger partial charge in [0.05, 0.1) is 0 Å². The standard InChI is InChI=1S/C21H23N/c1-14-13-15(2)17(4)21(16(14)3)22(5)20-12-8-10-18-9-6-7-11-19(18)20/h6-13H,1-5H3. The van der Waals surface area contributed by atoms with Gasteiger partial charge in [-0.1, -0.05) is 42.5 Å². The van der Waals surface area contributed by atoms with E-state index in [9.17, 15) is 0 Å². The molecule has 0 radical (unpaired) electrons. The van der Waals surface area contributed by atoms with Gasteiger partial charge < -0.3 is 4.90 Å². The highest BCUT2D eigenvalue weighted by Crippen LogP contribution is 2.36. The van der Waals surface area contributed by atoms with Gasteiger partial charge in [-0.2, -0.15) is 0 Å². The van der Waals surface area contributed by atoms with Gasteiger partial charge in [0, 0.05) is 23.8 Å². The van der Waals surface area contributed by atoms with Crippen LogP contribution in [0.3, 0.4) is 0 Å². The molecule has 0 aliphatic heterocycles. The van der Waals surface area contributed by atoms with E-state index in [1.807, 2.05) is 0 Å². The van der Waals surface area contributed by atoms with Crippen LogP contribution in [0.2, 0.25) is 0 Å². The molecule has 0 fully saturated rings. The first-order chi connectivity index (χ1) is 10.5. The van der Waals surface area contributed by atoms with Crippen LogP contribution in [0.5, 0.6) is 0 Å². The highest BCUT2D eigenvalue weighted by molar-refractivity contribution is 5.96. The molecule has 22 heavy (non-hydrogen) atoms. The quantitative estimate of drug-likeness (QED) is 0.572. The largest absolute Gasteiger partial charge is 0.344 e. The lowest BCUT2D eigenvalue weighted by Gasteiger charge is -2.27. The van der Waals surface area contributed by atoms with Crippen LogP contribution in [-0.4, -0.2) is 7.05 Å². The van der Waals surface area contributed by atoms with Crippen molar-refractivity contribution in [2.45, 2.75) is 27.7 Å². The monoisotopic (exact) mass is 289 g/mol. The molecule has 0 heterocycles. The first-order valence-electron chi connectivity index (χ1n) is 7.79. The molecule has 0 unspecified atom stereocenters. The molecule has 0 spiro atoms. The molecular weight excluding hydrogens is 266 g/mol. The molecule has 0 amide bonds. The van der Waals surface area contributed by atoms with E-state index in [2.05, 4.69) is 88.2 Å². The van der Waals surface area contributed by atoms with E-state index < -0.39 is 0 Å². The molecule has 0 saturated heterocycles. The Bertz CT molecular complexity index is 814. The van der Waals surface area contributed by atoms with Gasteiger partial charge in [0.15, 0.2) is 0 Å². The SMILES string of the molecule is Cc1cc(C)c(C)c(N(C)c2cccc3ccccc23)c1C. The lowest BCUT2D eigenvalue weighted by Crippen LogP contribution is -2.14. The lowest BCUT2D eigenvalue weighted by atomic mass is 9.97. The van der Waals surface area contributed by atoms with E-state index in [4.69, 9.17) is 0 Å². The number of fused-ring (bicyclic) bond motifs is 1. The average Bonchev–Trinajstić information content (AvgIpc) is 2.52. The third kappa shape index (κ3) is 2.27. The van der Waals surface area contributed by atoms with Crippen LogP contribution in [0.25, 0.3) is 10.8 Å². The molecule has 3 aromatic carbocycles. The first-order valence-corrected chi connectivity index (χ1v) is 7.79. The highest BCUT2D eigenvalue weighted by atomic mass is 15.1. The second-order valence-corrected chi connectivity index (χ2v) is 6.17. The molecule has 1 heteroatoms. The highest BCUT2D eigenvalue weighted by Gasteiger charge is 2.15. The minimum atomic E-state index is 1.26. The van der Waals surface area contributed by atoms with Gasteiger partial charge in [0.2, 0.25) is 0 Å². The van der Waals surface area contributed by atoms with Crippen LogP contribution in [0.15, 0.2) is 48.5 Å². The van der Waals surface area contributed by atoms with E-state index in [1.54, 1.807) is 0 Å². The van der Waals surface area contributed by atoms with Crippen molar-refractivity contribution in [3.63, 3.8) is 0 Å². The number of hydrogen-bond donors (Lipinski definition) is 0. The van der Waals surface area contributed by atoms with Crippen molar-refractivity contribution in [1.82, 2.24) is 0 Å². The summed E-state index contributed by atoms with van der Waals surface area (Å²) in [5, 5.41) is 2.58. The van der Waals surface area contributed by atoms with Crippen molar-refractivity contribution in [2.75, 3.05) is 11.9 Å². The van der Waals surface area contributed by atoms with E-state index in [-0.39, 0.29) is 0 Å². The van der Waals surface area contributed by atoms with Crippen molar-refractivity contribution in [3.8, 4) is 0 Å². The molecule has 0 aliphatic rings. The summed E-state index contributed by atoms with van der Waals surface area (Å²) >= 11 is 0. The fourth-order valence-electron chi connectivity index (χ4n) is 3.32. The molecule has 0 atom stereocenters. The van der Waals surface area contributed by atoms with Crippen LogP contribution in [-0.2, 0) is 0 Å². The summed E-state index contributed by atoms with van der Waals surface area (Å²) < 4.78 is 0. The zero-order valence-electron chi connectivity index (χ0n) is 14.1. The van der Waals surface area contributed by atoms with E-state index in [0.717, 1.165) is 0 Å². The maximum atomic E-state index is 2.34. The second kappa shape index (κ2) is 5.49. The normalized spacial score (nSPS) is 11.0. The predicted molar refractivity (Wildman–Crippen MR) is 97.4 cm³/mol. The Morgan fingerprint density at radius 1 is 0.727 bits per heavy atom. The average molecular weight is 289 g/mol. The number of anilines is 2. The van der Waals surface area contributed by atoms with Crippen molar-refractivity contribution in [2.24, 2.45) is 0 Å². The smallest absolute Gasteiger partial charge is 0.0487 e. The Hall–Kier alpha value is -2.28. The number of benzene rings is 3. The van der Waals surface area contributed by atoms with Gasteiger partial charge in [-0.25, -0.2) is 0 Å². The number of rotatable bonds is 2. The van der Waals surface area contributed by atoms with Crippen LogP contribution in [0.4, 0.5) is 11.4 Å². The Kier molecular flexibility index (Phi) is 3.66. The maximum Gasteiger partial charge on any atom is 0.0487 e. The molecule has 0 aliphatic carbocycles. The summed E-state index contributed by atoms with van der Waals surface area (Å²) in [6.07, 6.45) is 0. The van der Waals surface area contributed by atoms with Crippen LogP contribution >= 0.6 is 0 Å². The number of hydrogen-bond acceptors (Lipinski definition) is 1. The lowest BCUT2D eigenvalue weighted by molar-refractivity contribution is 1.13. The Balaban J connectivity index is 2.25. The number of nitrogens with zero attached hydrogens (tertiary/aromatic N) is 1. The molecule has 0 bridgehead atoms. The van der Waals surface area contributed by atoms with Crippen molar-refractivity contribution in [1.29, 1.82) is 0 Å². The first kappa shape index (κ1) is 14.6. The van der Waals surface area contributed by atoms with E-state index >= 15 is 0 Å². The summed E-state index contributed by atoms with van der Waals surface area (Å²) in [6.45, 7) is 8.84. The minimum Gasteiger partial charge on any atom is -0.344 e. The molecule has 1 nitrogen and oxygen atoms in total. The molecule has 0 N–H and O–H groups in total. The van der Waals surface area contributed by atoms with Crippen LogP contribution in [0, 0.1) is 27.7 Å². The summed E-state index contributed by atoms with van der Waals surface area (Å²) in [5.74, 6) is 0. The van der Waals surface area contributed by atoms with Crippen molar-refractivity contribution >= 4 is 22.1 Å². The van der Waals surface area contributed by atoms with Crippen molar-refractivity contribution in [3.05, 3.63) is 70.8 Å². The van der Waals surface area contributed by atoms with Crippen molar-refractivity contribution < 1.29 is 0 Å². The fourth-order valence-corrected chi connectivity index (χ4v) is 3.32. The fraction of sp³-hybridized carbons (Fsp3) is 0.238. The molecule has 0 saturated carbocycles. The van der Waals surface area contributed by atoms with Gasteiger partial charge in [0.25, 0.3) is 0 Å². The molecule has 112 valence electrons. The third-order valence-electron chi connectivity index (χ3n) is 4.79. The van der Waals surface area contributed by atoms with Crippen LogP contribution in [0.1, 0.15) is 22.3 Å². The van der Waals surface area contributed by atoms with Gasteiger partial charge in [-0.05, 0) is 61.4 Å². The zero-order valence-corrected chi connectivity index (χ0v) is 14.1. The Morgan fingerprint density at radius 2 is 1.32 bits per heavy atom. The van der Waals surface area contributed by atoms with Gasteiger partial charge in [-0.3, -0.25) is 0 Å². The molecular formula is C21H23N. The third-order valence-corrected chi connectivity index (χ3v) is 4.79. The Morgan fingerprint density at radius 3 is 2.00 bits per heavy atom. The zero-order chi connectivity index (χ0) is 15.9. The van der Waals surface area contributed by atoms with E-state index in [1.165, 1.54) is 44.4 Å².